The first-order valence-electron chi connectivity index (χ1n) is 8.41. The van der Waals surface area contributed by atoms with Gasteiger partial charge in [0.2, 0.25) is 0 Å². The van der Waals surface area contributed by atoms with Crippen molar-refractivity contribution in [1.82, 2.24) is 19.5 Å². The Labute approximate surface area is 141 Å². The number of hydrogen-bond donors (Lipinski definition) is 0. The minimum absolute atomic E-state index is 0.625. The van der Waals surface area contributed by atoms with Crippen molar-refractivity contribution in [1.29, 1.82) is 0 Å². The van der Waals surface area contributed by atoms with Crippen molar-refractivity contribution in [2.75, 3.05) is 0 Å². The molecule has 4 heteroatoms. The van der Waals surface area contributed by atoms with Crippen LogP contribution in [0.15, 0.2) is 54.6 Å². The predicted octanol–water partition coefficient (Wildman–Crippen LogP) is 4.69. The highest BCUT2D eigenvalue weighted by Gasteiger charge is 2.16. The summed E-state index contributed by atoms with van der Waals surface area (Å²) in [6, 6.07) is 18.2. The van der Waals surface area contributed by atoms with Gasteiger partial charge in [-0.05, 0) is 24.5 Å². The number of fused-ring (bicyclic) bond motifs is 2. The Morgan fingerprint density at radius 2 is 1.50 bits per heavy atom. The van der Waals surface area contributed by atoms with Crippen LogP contribution in [-0.2, 0) is 6.54 Å². The number of hydrogen-bond acceptors (Lipinski definition) is 3. The van der Waals surface area contributed by atoms with Gasteiger partial charge in [0.15, 0.2) is 11.3 Å². The normalized spacial score (nSPS) is 11.6. The molecule has 120 valence electrons. The molecule has 0 aliphatic rings. The minimum atomic E-state index is 0.625. The Balaban J connectivity index is 1.95. The molecule has 4 rings (SSSR count). The largest absolute Gasteiger partial charge is 0.307 e. The lowest BCUT2D eigenvalue weighted by Crippen LogP contribution is -2.04. The zero-order valence-corrected chi connectivity index (χ0v) is 14.0. The lowest BCUT2D eigenvalue weighted by atomic mass is 10.1. The van der Waals surface area contributed by atoms with Gasteiger partial charge in [-0.25, -0.2) is 15.0 Å². The van der Waals surface area contributed by atoms with Gasteiger partial charge in [0.25, 0.3) is 0 Å². The van der Waals surface area contributed by atoms with Crippen molar-refractivity contribution in [3.8, 4) is 11.4 Å². The first-order chi connectivity index (χ1) is 11.7. The van der Waals surface area contributed by atoms with E-state index in [-0.39, 0.29) is 0 Å². The van der Waals surface area contributed by atoms with Crippen molar-refractivity contribution >= 4 is 22.3 Å². The lowest BCUT2D eigenvalue weighted by Gasteiger charge is -2.10. The van der Waals surface area contributed by atoms with Crippen LogP contribution in [0.3, 0.4) is 0 Å². The Bertz CT molecular complexity index is 987. The smallest absolute Gasteiger partial charge is 0.198 e. The monoisotopic (exact) mass is 316 g/mol. The average molecular weight is 316 g/mol. The van der Waals surface area contributed by atoms with Crippen molar-refractivity contribution in [3.63, 3.8) is 0 Å². The van der Waals surface area contributed by atoms with Crippen LogP contribution in [0.2, 0.25) is 0 Å². The summed E-state index contributed by atoms with van der Waals surface area (Å²) in [5.41, 5.74) is 4.49. The van der Waals surface area contributed by atoms with Crippen LogP contribution in [0.1, 0.15) is 20.3 Å². The van der Waals surface area contributed by atoms with E-state index in [4.69, 9.17) is 15.0 Å². The lowest BCUT2D eigenvalue weighted by molar-refractivity contribution is 0.524. The van der Waals surface area contributed by atoms with Crippen LogP contribution in [0.25, 0.3) is 33.7 Å². The van der Waals surface area contributed by atoms with E-state index in [9.17, 15) is 0 Å². The maximum Gasteiger partial charge on any atom is 0.198 e. The number of nitrogens with zero attached hydrogens (tertiary/aromatic N) is 4. The quantitative estimate of drug-likeness (QED) is 0.548. The Morgan fingerprint density at radius 1 is 0.833 bits per heavy atom. The number of para-hydroxylation sites is 2. The molecule has 0 saturated heterocycles. The second-order valence-electron chi connectivity index (χ2n) is 6.50. The number of aryl methyl sites for hydroxylation is 1. The van der Waals surface area contributed by atoms with E-state index in [1.165, 1.54) is 0 Å². The highest BCUT2D eigenvalue weighted by Crippen LogP contribution is 2.25. The van der Waals surface area contributed by atoms with Crippen LogP contribution in [-0.4, -0.2) is 19.5 Å². The molecule has 0 atom stereocenters. The maximum atomic E-state index is 4.84. The molecule has 0 bridgehead atoms. The van der Waals surface area contributed by atoms with E-state index in [1.807, 2.05) is 42.5 Å². The van der Waals surface area contributed by atoms with E-state index in [1.54, 1.807) is 0 Å². The van der Waals surface area contributed by atoms with Crippen LogP contribution in [0.5, 0.6) is 0 Å². The fourth-order valence-corrected chi connectivity index (χ4v) is 2.91. The highest BCUT2D eigenvalue weighted by molar-refractivity contribution is 5.84. The molecule has 0 unspecified atom stereocenters. The molecule has 4 aromatic rings. The van der Waals surface area contributed by atoms with Crippen LogP contribution in [0, 0.1) is 5.92 Å². The molecule has 0 aliphatic carbocycles. The number of rotatable bonds is 4. The van der Waals surface area contributed by atoms with Gasteiger partial charge in [-0.3, -0.25) is 0 Å². The molecular weight excluding hydrogens is 296 g/mol. The van der Waals surface area contributed by atoms with Gasteiger partial charge in [-0.1, -0.05) is 56.3 Å². The Hall–Kier alpha value is -2.75. The molecule has 4 nitrogen and oxygen atoms in total. The fraction of sp³-hybridized carbons (Fsp3) is 0.250. The van der Waals surface area contributed by atoms with E-state index in [0.717, 1.165) is 46.7 Å². The van der Waals surface area contributed by atoms with Crippen molar-refractivity contribution in [2.45, 2.75) is 26.8 Å². The third kappa shape index (κ3) is 2.64. The molecule has 0 fully saturated rings. The number of benzene rings is 2. The standard InChI is InChI=1S/C20H20N4/c1-14(2)12-13-24-19(15-8-4-3-5-9-15)23-18-20(24)22-17-11-7-6-10-16(17)21-18/h3-11,14H,12-13H2,1-2H3. The van der Waals surface area contributed by atoms with Gasteiger partial charge >= 0.3 is 0 Å². The van der Waals surface area contributed by atoms with Gasteiger partial charge in [0, 0.05) is 12.1 Å². The van der Waals surface area contributed by atoms with E-state index >= 15 is 0 Å². The highest BCUT2D eigenvalue weighted by atomic mass is 15.2. The fourth-order valence-electron chi connectivity index (χ4n) is 2.91. The van der Waals surface area contributed by atoms with Crippen molar-refractivity contribution in [3.05, 3.63) is 54.6 Å². The molecule has 0 aliphatic heterocycles. The average Bonchev–Trinajstić information content (AvgIpc) is 2.96. The molecule has 2 aromatic carbocycles. The van der Waals surface area contributed by atoms with Crippen molar-refractivity contribution < 1.29 is 0 Å². The predicted molar refractivity (Wildman–Crippen MR) is 97.7 cm³/mol. The maximum absolute atomic E-state index is 4.84. The second-order valence-corrected chi connectivity index (χ2v) is 6.50. The molecule has 2 heterocycles. The van der Waals surface area contributed by atoms with Crippen molar-refractivity contribution in [2.24, 2.45) is 5.92 Å². The minimum Gasteiger partial charge on any atom is -0.307 e. The molecule has 0 radical (unpaired) electrons. The third-order valence-electron chi connectivity index (χ3n) is 4.22. The molecule has 0 amide bonds. The topological polar surface area (TPSA) is 43.6 Å². The zero-order chi connectivity index (χ0) is 16.5. The van der Waals surface area contributed by atoms with Crippen LogP contribution in [0.4, 0.5) is 0 Å². The second kappa shape index (κ2) is 6.04. The summed E-state index contributed by atoms with van der Waals surface area (Å²) in [6.07, 6.45) is 1.08. The molecule has 2 aromatic heterocycles. The first kappa shape index (κ1) is 14.8. The molecule has 0 N–H and O–H groups in total. The van der Waals surface area contributed by atoms with Gasteiger partial charge < -0.3 is 4.57 Å². The van der Waals surface area contributed by atoms with Gasteiger partial charge in [-0.2, -0.15) is 0 Å². The zero-order valence-electron chi connectivity index (χ0n) is 14.0. The summed E-state index contributed by atoms with van der Waals surface area (Å²) in [7, 11) is 0. The summed E-state index contributed by atoms with van der Waals surface area (Å²) in [6.45, 7) is 5.37. The van der Waals surface area contributed by atoms with Crippen LogP contribution < -0.4 is 0 Å². The SMILES string of the molecule is CC(C)CCn1c(-c2ccccc2)nc2nc3ccccc3nc21. The summed E-state index contributed by atoms with van der Waals surface area (Å²) in [5.74, 6) is 1.57. The summed E-state index contributed by atoms with van der Waals surface area (Å²) < 4.78 is 2.21. The summed E-state index contributed by atoms with van der Waals surface area (Å²) in [5, 5.41) is 0. The summed E-state index contributed by atoms with van der Waals surface area (Å²) >= 11 is 0. The van der Waals surface area contributed by atoms with E-state index < -0.39 is 0 Å². The number of aromatic nitrogens is 4. The Morgan fingerprint density at radius 3 is 2.21 bits per heavy atom. The van der Waals surface area contributed by atoms with Gasteiger partial charge in [0.05, 0.1) is 11.0 Å². The molecule has 0 spiro atoms. The molecule has 0 saturated carbocycles. The summed E-state index contributed by atoms with van der Waals surface area (Å²) in [4.78, 5) is 14.4. The van der Waals surface area contributed by atoms with Gasteiger partial charge in [0.1, 0.15) is 5.82 Å². The first-order valence-corrected chi connectivity index (χ1v) is 8.41. The van der Waals surface area contributed by atoms with Gasteiger partial charge in [-0.15, -0.1) is 0 Å². The third-order valence-corrected chi connectivity index (χ3v) is 4.22. The van der Waals surface area contributed by atoms with E-state index in [2.05, 4.69) is 30.5 Å². The number of imidazole rings is 1. The Kier molecular flexibility index (Phi) is 3.73. The molecular formula is C20H20N4. The van der Waals surface area contributed by atoms with Crippen LogP contribution >= 0.6 is 0 Å². The molecule has 24 heavy (non-hydrogen) atoms. The van der Waals surface area contributed by atoms with E-state index in [0.29, 0.717) is 5.92 Å².